The highest BCUT2D eigenvalue weighted by atomic mass is 15.3. The normalized spacial score (nSPS) is 27.4. The summed E-state index contributed by atoms with van der Waals surface area (Å²) in [4.78, 5) is 19.5. The summed E-state index contributed by atoms with van der Waals surface area (Å²) in [6.07, 6.45) is 13.3. The lowest BCUT2D eigenvalue weighted by atomic mass is 9.65. The van der Waals surface area contributed by atoms with E-state index in [1.54, 1.807) is 0 Å². The third-order valence-corrected chi connectivity index (χ3v) is 7.63. The summed E-state index contributed by atoms with van der Waals surface area (Å²) in [5.41, 5.74) is 0.533. The summed E-state index contributed by atoms with van der Waals surface area (Å²) in [6, 6.07) is 0.577. The van der Waals surface area contributed by atoms with E-state index in [1.165, 1.54) is 64.2 Å². The van der Waals surface area contributed by atoms with Gasteiger partial charge in [-0.05, 0) is 76.8 Å². The van der Waals surface area contributed by atoms with Crippen LogP contribution >= 0.6 is 0 Å². The van der Waals surface area contributed by atoms with Crippen LogP contribution in [0.25, 0.3) is 0 Å². The first kappa shape index (κ1) is 18.6. The third kappa shape index (κ3) is 3.85. The van der Waals surface area contributed by atoms with E-state index in [0.717, 1.165) is 43.3 Å². The van der Waals surface area contributed by atoms with E-state index in [4.69, 9.17) is 15.0 Å². The van der Waals surface area contributed by atoms with Crippen LogP contribution in [0.4, 0.5) is 11.9 Å². The molecule has 4 aliphatic rings. The van der Waals surface area contributed by atoms with Crippen molar-refractivity contribution in [1.82, 2.24) is 19.9 Å². The van der Waals surface area contributed by atoms with Gasteiger partial charge in [-0.25, -0.2) is 0 Å². The topological polar surface area (TPSA) is 57.2 Å². The van der Waals surface area contributed by atoms with Crippen LogP contribution in [0.3, 0.4) is 0 Å². The Kier molecular flexibility index (Phi) is 4.93. The van der Waals surface area contributed by atoms with Crippen molar-refractivity contribution in [3.63, 3.8) is 0 Å². The average Bonchev–Trinajstić information content (AvgIpc) is 3.53. The second-order valence-electron chi connectivity index (χ2n) is 9.99. The number of hydrogen-bond acceptors (Lipinski definition) is 6. The Bertz CT molecular complexity index is 692. The molecule has 1 aromatic heterocycles. The molecule has 1 atom stereocenters. The zero-order valence-corrected chi connectivity index (χ0v) is 17.7. The largest absolute Gasteiger partial charge is 0.354 e. The molecule has 0 aromatic carbocycles. The maximum atomic E-state index is 4.93. The van der Waals surface area contributed by atoms with Gasteiger partial charge in [-0.3, -0.25) is 0 Å². The molecule has 0 amide bonds. The van der Waals surface area contributed by atoms with Crippen molar-refractivity contribution >= 4 is 11.9 Å². The number of nitrogens with one attached hydrogen (secondary N) is 1. The first-order valence-corrected chi connectivity index (χ1v) is 11.5. The molecule has 154 valence electrons. The highest BCUT2D eigenvalue weighted by Crippen LogP contribution is 2.57. The fourth-order valence-electron chi connectivity index (χ4n) is 5.16. The van der Waals surface area contributed by atoms with Crippen LogP contribution in [0.1, 0.15) is 76.0 Å². The van der Waals surface area contributed by atoms with Crippen LogP contribution in [0.5, 0.6) is 0 Å². The Balaban J connectivity index is 1.35. The molecule has 0 radical (unpaired) electrons. The van der Waals surface area contributed by atoms with Crippen molar-refractivity contribution in [1.29, 1.82) is 0 Å². The maximum absolute atomic E-state index is 4.93. The minimum atomic E-state index is 0.533. The van der Waals surface area contributed by atoms with Crippen molar-refractivity contribution in [2.24, 2.45) is 11.3 Å². The number of anilines is 2. The summed E-state index contributed by atoms with van der Waals surface area (Å²) in [6.45, 7) is 3.13. The van der Waals surface area contributed by atoms with Crippen molar-refractivity contribution in [2.45, 2.75) is 76.2 Å². The Hall–Kier alpha value is -1.43. The molecular formula is C22H36N6. The molecule has 2 heterocycles. The fourth-order valence-corrected chi connectivity index (χ4v) is 5.16. The Morgan fingerprint density at radius 3 is 2.46 bits per heavy atom. The van der Waals surface area contributed by atoms with Gasteiger partial charge in [0.15, 0.2) is 0 Å². The van der Waals surface area contributed by atoms with Crippen LogP contribution in [0.15, 0.2) is 0 Å². The summed E-state index contributed by atoms with van der Waals surface area (Å²) in [5.74, 6) is 4.25. The molecule has 1 aromatic rings. The van der Waals surface area contributed by atoms with Gasteiger partial charge in [0.25, 0.3) is 0 Å². The molecule has 1 aliphatic heterocycles. The molecule has 1 N–H and O–H groups in total. The molecule has 3 saturated carbocycles. The molecule has 1 saturated heterocycles. The summed E-state index contributed by atoms with van der Waals surface area (Å²) in [7, 11) is 4.39. The Morgan fingerprint density at radius 1 is 1.00 bits per heavy atom. The smallest absolute Gasteiger partial charge is 0.230 e. The molecular weight excluding hydrogens is 348 g/mol. The summed E-state index contributed by atoms with van der Waals surface area (Å²) < 4.78 is 0. The molecule has 0 spiro atoms. The highest BCUT2D eigenvalue weighted by molar-refractivity contribution is 5.39. The fraction of sp³-hybridized carbons (Fsp3) is 0.864. The maximum Gasteiger partial charge on any atom is 0.230 e. The first-order valence-electron chi connectivity index (χ1n) is 11.5. The molecule has 0 bridgehead atoms. The monoisotopic (exact) mass is 384 g/mol. The van der Waals surface area contributed by atoms with Gasteiger partial charge in [0.2, 0.25) is 11.9 Å². The minimum absolute atomic E-state index is 0.533. The van der Waals surface area contributed by atoms with Crippen LogP contribution in [0.2, 0.25) is 0 Å². The van der Waals surface area contributed by atoms with Crippen LogP contribution in [0, 0.1) is 11.3 Å². The standard InChI is InChI=1S/C22H36N6/c1-27(2)18-6-3-4-13-28(14-18)21-25-19(16-7-8-16)24-20(26-21)23-15-22(11-5-12-22)17-9-10-17/h16-18H,3-15H2,1-2H3,(H,23,24,25,26). The number of rotatable bonds is 7. The number of hydrogen-bond donors (Lipinski definition) is 1. The van der Waals surface area contributed by atoms with Gasteiger partial charge < -0.3 is 15.1 Å². The summed E-state index contributed by atoms with van der Waals surface area (Å²) >= 11 is 0. The van der Waals surface area contributed by atoms with E-state index in [-0.39, 0.29) is 0 Å². The Labute approximate surface area is 169 Å². The number of likely N-dealkylation sites (N-methyl/N-ethyl adjacent to an activating group) is 1. The van der Waals surface area contributed by atoms with E-state index >= 15 is 0 Å². The molecule has 1 unspecified atom stereocenters. The minimum Gasteiger partial charge on any atom is -0.354 e. The molecule has 6 nitrogen and oxygen atoms in total. The Morgan fingerprint density at radius 2 is 1.82 bits per heavy atom. The van der Waals surface area contributed by atoms with Crippen molar-refractivity contribution in [3.8, 4) is 0 Å². The highest BCUT2D eigenvalue weighted by Gasteiger charge is 2.48. The quantitative estimate of drug-likeness (QED) is 0.774. The molecule has 4 fully saturated rings. The van der Waals surface area contributed by atoms with Gasteiger partial charge >= 0.3 is 0 Å². The molecule has 5 rings (SSSR count). The predicted molar refractivity (Wildman–Crippen MR) is 113 cm³/mol. The lowest BCUT2D eigenvalue weighted by Gasteiger charge is -2.42. The van der Waals surface area contributed by atoms with E-state index in [1.807, 2.05) is 0 Å². The third-order valence-electron chi connectivity index (χ3n) is 7.63. The van der Waals surface area contributed by atoms with Gasteiger partial charge in [-0.2, -0.15) is 15.0 Å². The van der Waals surface area contributed by atoms with Gasteiger partial charge in [0.05, 0.1) is 0 Å². The van der Waals surface area contributed by atoms with Gasteiger partial charge in [-0.1, -0.05) is 12.8 Å². The lowest BCUT2D eigenvalue weighted by Crippen LogP contribution is -2.40. The lowest BCUT2D eigenvalue weighted by molar-refractivity contribution is 0.118. The van der Waals surface area contributed by atoms with Gasteiger partial charge in [0, 0.05) is 31.6 Å². The first-order chi connectivity index (χ1) is 13.6. The molecule has 28 heavy (non-hydrogen) atoms. The van der Waals surface area contributed by atoms with Crippen LogP contribution in [-0.2, 0) is 0 Å². The van der Waals surface area contributed by atoms with E-state index in [0.29, 0.717) is 17.4 Å². The average molecular weight is 385 g/mol. The van der Waals surface area contributed by atoms with Crippen LogP contribution in [-0.4, -0.2) is 59.6 Å². The number of nitrogens with zero attached hydrogens (tertiary/aromatic N) is 5. The number of aromatic nitrogens is 3. The second kappa shape index (κ2) is 7.43. The van der Waals surface area contributed by atoms with Crippen molar-refractivity contribution in [2.75, 3.05) is 43.9 Å². The second-order valence-corrected chi connectivity index (χ2v) is 9.99. The molecule has 3 aliphatic carbocycles. The van der Waals surface area contributed by atoms with Crippen molar-refractivity contribution in [3.05, 3.63) is 5.82 Å². The molecule has 6 heteroatoms. The van der Waals surface area contributed by atoms with E-state index in [2.05, 4.69) is 29.2 Å². The zero-order chi connectivity index (χ0) is 19.1. The van der Waals surface area contributed by atoms with Gasteiger partial charge in [0.1, 0.15) is 5.82 Å². The van der Waals surface area contributed by atoms with Gasteiger partial charge in [-0.15, -0.1) is 0 Å². The van der Waals surface area contributed by atoms with E-state index < -0.39 is 0 Å². The van der Waals surface area contributed by atoms with E-state index in [9.17, 15) is 0 Å². The zero-order valence-electron chi connectivity index (χ0n) is 17.7. The summed E-state index contributed by atoms with van der Waals surface area (Å²) in [5, 5.41) is 3.66. The predicted octanol–water partition coefficient (Wildman–Crippen LogP) is 3.66. The van der Waals surface area contributed by atoms with Crippen LogP contribution < -0.4 is 10.2 Å². The van der Waals surface area contributed by atoms with Crippen molar-refractivity contribution < 1.29 is 0 Å². The SMILES string of the molecule is CN(C)C1CCCCN(c2nc(NCC3(C4CC4)CCC3)nc(C3CC3)n2)C1.